The van der Waals surface area contributed by atoms with Gasteiger partial charge in [-0.1, -0.05) is 6.92 Å². The lowest BCUT2D eigenvalue weighted by Gasteiger charge is -2.14. The summed E-state index contributed by atoms with van der Waals surface area (Å²) in [6, 6.07) is 3.14. The molecule has 0 amide bonds. The van der Waals surface area contributed by atoms with Crippen LogP contribution in [0.4, 0.5) is 17.3 Å². The van der Waals surface area contributed by atoms with Crippen LogP contribution in [-0.2, 0) is 0 Å². The molecule has 0 spiro atoms. The number of nitrogen functional groups attached to an aromatic ring is 1. The van der Waals surface area contributed by atoms with Crippen LogP contribution in [0.1, 0.15) is 26.2 Å². The number of nitrogens with one attached hydrogen (secondary N) is 2. The highest BCUT2D eigenvalue weighted by Gasteiger charge is 2.27. The number of hydrogen-bond donors (Lipinski definition) is 3. The van der Waals surface area contributed by atoms with Gasteiger partial charge >= 0.3 is 5.69 Å². The molecule has 2 atom stereocenters. The molecular weight excluding hydrogens is 278 g/mol. The Balaban J connectivity index is 2.10. The number of rotatable bonds is 6. The van der Waals surface area contributed by atoms with Crippen molar-refractivity contribution in [3.63, 3.8) is 0 Å². The number of pyridine rings is 1. The van der Waals surface area contributed by atoms with E-state index in [4.69, 9.17) is 5.84 Å². The summed E-state index contributed by atoms with van der Waals surface area (Å²) in [5.41, 5.74) is 2.39. The minimum Gasteiger partial charge on any atom is -0.362 e. The normalized spacial score (nSPS) is 21.7. The summed E-state index contributed by atoms with van der Waals surface area (Å²) in [5.74, 6) is 7.10. The Labute approximate surface area is 121 Å². The molecule has 2 rings (SSSR count). The van der Waals surface area contributed by atoms with E-state index in [1.165, 1.54) is 12.1 Å². The van der Waals surface area contributed by atoms with E-state index in [0.29, 0.717) is 11.1 Å². The fourth-order valence-corrected chi connectivity index (χ4v) is 3.58. The second-order valence-corrected chi connectivity index (χ2v) is 6.27. The van der Waals surface area contributed by atoms with Crippen LogP contribution in [0, 0.1) is 10.1 Å². The van der Waals surface area contributed by atoms with Crippen molar-refractivity contribution in [2.45, 2.75) is 37.5 Å². The molecule has 8 heteroatoms. The molecule has 0 bridgehead atoms. The molecule has 1 aromatic rings. The minimum atomic E-state index is -0.428. The third-order valence-corrected chi connectivity index (χ3v) is 4.58. The van der Waals surface area contributed by atoms with E-state index >= 15 is 0 Å². The van der Waals surface area contributed by atoms with Gasteiger partial charge in [0.1, 0.15) is 5.82 Å². The van der Waals surface area contributed by atoms with Gasteiger partial charge in [0.15, 0.2) is 0 Å². The molecule has 1 aromatic heterocycles. The van der Waals surface area contributed by atoms with Crippen molar-refractivity contribution < 1.29 is 4.92 Å². The van der Waals surface area contributed by atoms with Crippen LogP contribution in [0.15, 0.2) is 12.1 Å². The first-order valence-corrected chi connectivity index (χ1v) is 7.69. The largest absolute Gasteiger partial charge is 0.362 e. The number of nitrogens with two attached hydrogens (primary N) is 1. The molecule has 1 heterocycles. The van der Waals surface area contributed by atoms with Crippen molar-refractivity contribution in [1.82, 2.24) is 4.98 Å². The molecule has 0 aromatic carbocycles. The van der Waals surface area contributed by atoms with Gasteiger partial charge in [0.2, 0.25) is 5.82 Å². The SMILES string of the molecule is CCSC1CCC(Nc2nc(NN)ccc2[N+](=O)[O-])C1. The number of anilines is 2. The number of thioether (sulfide) groups is 1. The lowest BCUT2D eigenvalue weighted by molar-refractivity contribution is -0.384. The van der Waals surface area contributed by atoms with Crippen molar-refractivity contribution >= 4 is 29.1 Å². The van der Waals surface area contributed by atoms with E-state index in [-0.39, 0.29) is 17.5 Å². The fourth-order valence-electron chi connectivity index (χ4n) is 2.44. The third kappa shape index (κ3) is 3.51. The van der Waals surface area contributed by atoms with Crippen molar-refractivity contribution in [2.24, 2.45) is 5.84 Å². The van der Waals surface area contributed by atoms with Crippen LogP contribution in [-0.4, -0.2) is 27.0 Å². The van der Waals surface area contributed by atoms with Gasteiger partial charge in [0, 0.05) is 17.4 Å². The van der Waals surface area contributed by atoms with E-state index in [1.54, 1.807) is 0 Å². The maximum atomic E-state index is 11.0. The van der Waals surface area contributed by atoms with Crippen LogP contribution in [0.3, 0.4) is 0 Å². The van der Waals surface area contributed by atoms with Gasteiger partial charge in [-0.2, -0.15) is 11.8 Å². The quantitative estimate of drug-likeness (QED) is 0.420. The second-order valence-electron chi connectivity index (χ2n) is 4.70. The zero-order chi connectivity index (χ0) is 14.5. The van der Waals surface area contributed by atoms with Gasteiger partial charge in [-0.3, -0.25) is 10.1 Å². The van der Waals surface area contributed by atoms with Crippen molar-refractivity contribution in [1.29, 1.82) is 0 Å². The summed E-state index contributed by atoms with van der Waals surface area (Å²) in [6.45, 7) is 2.15. The molecule has 1 aliphatic rings. The zero-order valence-electron chi connectivity index (χ0n) is 11.3. The first-order valence-electron chi connectivity index (χ1n) is 6.64. The number of hydrogen-bond acceptors (Lipinski definition) is 7. The van der Waals surface area contributed by atoms with Crippen LogP contribution in [0.5, 0.6) is 0 Å². The van der Waals surface area contributed by atoms with E-state index in [0.717, 1.165) is 25.0 Å². The molecule has 1 saturated carbocycles. The maximum Gasteiger partial charge on any atom is 0.311 e. The maximum absolute atomic E-state index is 11.0. The number of nitrogens with zero attached hydrogens (tertiary/aromatic N) is 2. The Morgan fingerprint density at radius 3 is 3.00 bits per heavy atom. The third-order valence-electron chi connectivity index (χ3n) is 3.35. The van der Waals surface area contributed by atoms with Crippen LogP contribution in [0.2, 0.25) is 0 Å². The molecule has 0 aliphatic heterocycles. The highest BCUT2D eigenvalue weighted by Crippen LogP contribution is 2.33. The van der Waals surface area contributed by atoms with Crippen LogP contribution in [0.25, 0.3) is 0 Å². The standard InChI is InChI=1S/C12H19N5O2S/c1-2-20-9-4-3-8(7-9)14-12-10(17(18)19)5-6-11(15-12)16-13/h5-6,8-9H,2-4,7,13H2,1H3,(H2,14,15,16). The molecule has 0 radical (unpaired) electrons. The van der Waals surface area contributed by atoms with Gasteiger partial charge < -0.3 is 10.7 Å². The lowest BCUT2D eigenvalue weighted by atomic mass is 10.2. The zero-order valence-corrected chi connectivity index (χ0v) is 12.2. The first-order chi connectivity index (χ1) is 9.63. The smallest absolute Gasteiger partial charge is 0.311 e. The molecule has 2 unspecified atom stereocenters. The van der Waals surface area contributed by atoms with Gasteiger partial charge in [0.05, 0.1) is 4.92 Å². The molecule has 110 valence electrons. The summed E-state index contributed by atoms with van der Waals surface area (Å²) in [5, 5.41) is 14.9. The summed E-state index contributed by atoms with van der Waals surface area (Å²) >= 11 is 1.94. The number of hydrazine groups is 1. The second kappa shape index (κ2) is 6.76. The highest BCUT2D eigenvalue weighted by atomic mass is 32.2. The Morgan fingerprint density at radius 1 is 1.55 bits per heavy atom. The Morgan fingerprint density at radius 2 is 2.35 bits per heavy atom. The lowest BCUT2D eigenvalue weighted by Crippen LogP contribution is -2.19. The number of aromatic nitrogens is 1. The van der Waals surface area contributed by atoms with Gasteiger partial charge in [-0.15, -0.1) is 0 Å². The summed E-state index contributed by atoms with van der Waals surface area (Å²) < 4.78 is 0. The van der Waals surface area contributed by atoms with E-state index in [2.05, 4.69) is 22.7 Å². The fraction of sp³-hybridized carbons (Fsp3) is 0.583. The summed E-state index contributed by atoms with van der Waals surface area (Å²) in [4.78, 5) is 14.8. The van der Waals surface area contributed by atoms with Gasteiger partial charge in [-0.25, -0.2) is 10.8 Å². The van der Waals surface area contributed by atoms with E-state index in [1.807, 2.05) is 11.8 Å². The predicted molar refractivity (Wildman–Crippen MR) is 81.9 cm³/mol. The van der Waals surface area contributed by atoms with Crippen LogP contribution >= 0.6 is 11.8 Å². The highest BCUT2D eigenvalue weighted by molar-refractivity contribution is 7.99. The Hall–Kier alpha value is -1.54. The molecule has 4 N–H and O–H groups in total. The molecule has 0 saturated heterocycles. The van der Waals surface area contributed by atoms with Crippen molar-refractivity contribution in [3.05, 3.63) is 22.2 Å². The topological polar surface area (TPSA) is 106 Å². The van der Waals surface area contributed by atoms with Gasteiger partial charge in [-0.05, 0) is 31.1 Å². The van der Waals surface area contributed by atoms with Crippen molar-refractivity contribution in [2.75, 3.05) is 16.5 Å². The monoisotopic (exact) mass is 297 g/mol. The average molecular weight is 297 g/mol. The summed E-state index contributed by atoms with van der Waals surface area (Å²) in [7, 11) is 0. The molecule has 1 aliphatic carbocycles. The average Bonchev–Trinajstić information content (AvgIpc) is 2.86. The van der Waals surface area contributed by atoms with E-state index in [9.17, 15) is 10.1 Å². The predicted octanol–water partition coefficient (Wildman–Crippen LogP) is 2.36. The molecule has 1 fully saturated rings. The molecule has 20 heavy (non-hydrogen) atoms. The van der Waals surface area contributed by atoms with Crippen LogP contribution < -0.4 is 16.6 Å². The van der Waals surface area contributed by atoms with Crippen molar-refractivity contribution in [3.8, 4) is 0 Å². The first kappa shape index (κ1) is 14.9. The Kier molecular flexibility index (Phi) is 5.02. The molecule has 7 nitrogen and oxygen atoms in total. The number of nitro groups is 1. The molecular formula is C12H19N5O2S. The Bertz CT molecular complexity index is 485. The van der Waals surface area contributed by atoms with E-state index < -0.39 is 4.92 Å². The minimum absolute atomic E-state index is 0.0180. The summed E-state index contributed by atoms with van der Waals surface area (Å²) in [6.07, 6.45) is 3.16. The van der Waals surface area contributed by atoms with Gasteiger partial charge in [0.25, 0.3) is 0 Å².